The summed E-state index contributed by atoms with van der Waals surface area (Å²) in [7, 11) is 1.49. The largest absolute Gasteiger partial charge is 0.468 e. The van der Waals surface area contributed by atoms with E-state index in [1.165, 1.54) is 13.5 Å². The Balaban J connectivity index is 2.38. The zero-order chi connectivity index (χ0) is 11.4. The highest BCUT2D eigenvalue weighted by atomic mass is 16.5. The van der Waals surface area contributed by atoms with Crippen LogP contribution in [0.3, 0.4) is 0 Å². The van der Waals surface area contributed by atoms with Gasteiger partial charge in [0.2, 0.25) is 0 Å². The number of hydrogen-bond donors (Lipinski definition) is 0. The minimum absolute atomic E-state index is 0.0709. The number of hydrogen-bond acceptors (Lipinski definition) is 2. The van der Waals surface area contributed by atoms with Crippen LogP contribution in [0.5, 0.6) is 0 Å². The van der Waals surface area contributed by atoms with Gasteiger partial charge in [-0.15, -0.1) is 0 Å². The van der Waals surface area contributed by atoms with Crippen LogP contribution in [-0.2, 0) is 14.9 Å². The van der Waals surface area contributed by atoms with Crippen LogP contribution in [0, 0.1) is 0 Å². The van der Waals surface area contributed by atoms with E-state index in [9.17, 15) is 4.79 Å². The van der Waals surface area contributed by atoms with Gasteiger partial charge in [-0.1, -0.05) is 49.6 Å². The third-order valence-corrected chi connectivity index (χ3v) is 3.61. The van der Waals surface area contributed by atoms with Crippen molar-refractivity contribution in [2.45, 2.75) is 37.5 Å². The molecule has 0 saturated heterocycles. The van der Waals surface area contributed by atoms with Gasteiger partial charge in [0.25, 0.3) is 0 Å². The molecule has 0 aliphatic heterocycles. The van der Waals surface area contributed by atoms with Crippen molar-refractivity contribution in [3.8, 4) is 0 Å². The Hall–Kier alpha value is -1.31. The van der Waals surface area contributed by atoms with Crippen molar-refractivity contribution in [2.24, 2.45) is 0 Å². The first-order valence-electron chi connectivity index (χ1n) is 5.93. The van der Waals surface area contributed by atoms with Crippen LogP contribution >= 0.6 is 0 Å². The molecular formula is C14H18O2. The third-order valence-electron chi connectivity index (χ3n) is 3.61. The molecule has 16 heavy (non-hydrogen) atoms. The number of benzene rings is 1. The predicted octanol–water partition coefficient (Wildman–Crippen LogP) is 3.06. The summed E-state index contributed by atoms with van der Waals surface area (Å²) in [5.74, 6) is -0.0709. The van der Waals surface area contributed by atoms with Crippen LogP contribution in [0.4, 0.5) is 0 Å². The minimum Gasteiger partial charge on any atom is -0.468 e. The Labute approximate surface area is 96.6 Å². The highest BCUT2D eigenvalue weighted by Crippen LogP contribution is 2.40. The van der Waals surface area contributed by atoms with Crippen LogP contribution in [-0.4, -0.2) is 13.1 Å². The van der Waals surface area contributed by atoms with Gasteiger partial charge in [0, 0.05) is 0 Å². The number of esters is 1. The van der Waals surface area contributed by atoms with Crippen molar-refractivity contribution in [3.63, 3.8) is 0 Å². The van der Waals surface area contributed by atoms with E-state index in [2.05, 4.69) is 0 Å². The second kappa shape index (κ2) is 4.69. The molecule has 1 aromatic carbocycles. The first-order valence-corrected chi connectivity index (χ1v) is 5.93. The van der Waals surface area contributed by atoms with Crippen molar-refractivity contribution in [1.82, 2.24) is 0 Å². The van der Waals surface area contributed by atoms with Crippen molar-refractivity contribution >= 4 is 5.97 Å². The summed E-state index contributed by atoms with van der Waals surface area (Å²) in [6.07, 6.45) is 5.30. The minimum atomic E-state index is -0.381. The molecule has 2 nitrogen and oxygen atoms in total. The molecule has 1 aromatic rings. The molecule has 0 unspecified atom stereocenters. The fraction of sp³-hybridized carbons (Fsp3) is 0.500. The van der Waals surface area contributed by atoms with E-state index in [1.807, 2.05) is 30.3 Å². The van der Waals surface area contributed by atoms with Gasteiger partial charge in [-0.3, -0.25) is 4.79 Å². The molecule has 86 valence electrons. The lowest BCUT2D eigenvalue weighted by atomic mass is 9.69. The zero-order valence-electron chi connectivity index (χ0n) is 9.74. The van der Waals surface area contributed by atoms with E-state index in [-0.39, 0.29) is 11.4 Å². The highest BCUT2D eigenvalue weighted by Gasteiger charge is 2.41. The summed E-state index contributed by atoms with van der Waals surface area (Å²) in [5, 5.41) is 0. The number of methoxy groups -OCH3 is 1. The van der Waals surface area contributed by atoms with E-state index in [1.54, 1.807) is 0 Å². The van der Waals surface area contributed by atoms with Crippen molar-refractivity contribution < 1.29 is 9.53 Å². The van der Waals surface area contributed by atoms with Crippen molar-refractivity contribution in [1.29, 1.82) is 0 Å². The molecule has 0 atom stereocenters. The molecule has 0 amide bonds. The normalized spacial score (nSPS) is 19.1. The van der Waals surface area contributed by atoms with Gasteiger partial charge >= 0.3 is 5.97 Å². The van der Waals surface area contributed by atoms with Crippen molar-refractivity contribution in [3.05, 3.63) is 35.9 Å². The molecule has 0 heterocycles. The van der Waals surface area contributed by atoms with Gasteiger partial charge in [-0.2, -0.15) is 0 Å². The van der Waals surface area contributed by atoms with Gasteiger partial charge in [0.15, 0.2) is 0 Å². The van der Waals surface area contributed by atoms with Crippen LogP contribution < -0.4 is 0 Å². The first kappa shape index (κ1) is 11.2. The Morgan fingerprint density at radius 2 is 1.75 bits per heavy atom. The van der Waals surface area contributed by atoms with Gasteiger partial charge in [0.1, 0.15) is 0 Å². The maximum atomic E-state index is 12.1. The molecule has 0 spiro atoms. The standard InChI is InChI=1S/C14H18O2/c1-16-13(15)14(10-6-3-7-11-14)12-8-4-2-5-9-12/h2,4-5,8-9H,3,6-7,10-11H2,1H3. The van der Waals surface area contributed by atoms with Crippen LogP contribution in [0.2, 0.25) is 0 Å². The average molecular weight is 218 g/mol. The Kier molecular flexibility index (Phi) is 3.28. The van der Waals surface area contributed by atoms with Crippen LogP contribution in [0.25, 0.3) is 0 Å². The molecular weight excluding hydrogens is 200 g/mol. The third kappa shape index (κ3) is 1.84. The second-order valence-electron chi connectivity index (χ2n) is 4.50. The molecule has 1 fully saturated rings. The fourth-order valence-electron chi connectivity index (χ4n) is 2.72. The van der Waals surface area contributed by atoms with Gasteiger partial charge in [0.05, 0.1) is 12.5 Å². The average Bonchev–Trinajstić information content (AvgIpc) is 2.39. The molecule has 1 saturated carbocycles. The predicted molar refractivity (Wildman–Crippen MR) is 63.2 cm³/mol. The van der Waals surface area contributed by atoms with Gasteiger partial charge in [-0.05, 0) is 18.4 Å². The van der Waals surface area contributed by atoms with Crippen LogP contribution in [0.1, 0.15) is 37.7 Å². The molecule has 0 bridgehead atoms. The quantitative estimate of drug-likeness (QED) is 0.713. The maximum absolute atomic E-state index is 12.1. The molecule has 0 aromatic heterocycles. The fourth-order valence-corrected chi connectivity index (χ4v) is 2.72. The van der Waals surface area contributed by atoms with Gasteiger partial charge < -0.3 is 4.74 Å². The summed E-state index contributed by atoms with van der Waals surface area (Å²) >= 11 is 0. The SMILES string of the molecule is COC(=O)C1(c2ccccc2)CCCCC1. The zero-order valence-corrected chi connectivity index (χ0v) is 9.74. The molecule has 2 rings (SSSR count). The molecule has 1 aliphatic carbocycles. The van der Waals surface area contributed by atoms with E-state index >= 15 is 0 Å². The second-order valence-corrected chi connectivity index (χ2v) is 4.50. The summed E-state index contributed by atoms with van der Waals surface area (Å²) in [6, 6.07) is 10.1. The lowest BCUT2D eigenvalue weighted by Crippen LogP contribution is -2.38. The molecule has 0 radical (unpaired) electrons. The summed E-state index contributed by atoms with van der Waals surface area (Å²) in [5.41, 5.74) is 0.732. The van der Waals surface area contributed by atoms with Crippen molar-refractivity contribution in [2.75, 3.05) is 7.11 Å². The Morgan fingerprint density at radius 3 is 2.31 bits per heavy atom. The summed E-state index contributed by atoms with van der Waals surface area (Å²) in [6.45, 7) is 0. The Morgan fingerprint density at radius 1 is 1.12 bits per heavy atom. The molecule has 2 heteroatoms. The van der Waals surface area contributed by atoms with Gasteiger partial charge in [-0.25, -0.2) is 0 Å². The maximum Gasteiger partial charge on any atom is 0.316 e. The topological polar surface area (TPSA) is 26.3 Å². The Bertz CT molecular complexity index is 350. The monoisotopic (exact) mass is 218 g/mol. The van der Waals surface area contributed by atoms with Crippen LogP contribution in [0.15, 0.2) is 30.3 Å². The number of ether oxygens (including phenoxy) is 1. The van der Waals surface area contributed by atoms with E-state index in [0.29, 0.717) is 0 Å². The number of carbonyl (C=O) groups excluding carboxylic acids is 1. The van der Waals surface area contributed by atoms with E-state index in [0.717, 1.165) is 31.2 Å². The first-order chi connectivity index (χ1) is 7.79. The number of carbonyl (C=O) groups is 1. The molecule has 0 N–H and O–H groups in total. The molecule has 1 aliphatic rings. The lowest BCUT2D eigenvalue weighted by Gasteiger charge is -2.34. The summed E-state index contributed by atoms with van der Waals surface area (Å²) < 4.78 is 5.01. The number of rotatable bonds is 2. The highest BCUT2D eigenvalue weighted by molar-refractivity contribution is 5.83. The summed E-state index contributed by atoms with van der Waals surface area (Å²) in [4.78, 5) is 12.1. The van der Waals surface area contributed by atoms with E-state index in [4.69, 9.17) is 4.74 Å². The van der Waals surface area contributed by atoms with E-state index < -0.39 is 0 Å². The smallest absolute Gasteiger partial charge is 0.316 e. The lowest BCUT2D eigenvalue weighted by molar-refractivity contribution is -0.149.